The first-order valence-electron chi connectivity index (χ1n) is 11.8. The number of ether oxygens (including phenoxy) is 1. The third kappa shape index (κ3) is 6.59. The maximum atomic E-state index is 13.9. The van der Waals surface area contributed by atoms with Gasteiger partial charge in [-0.2, -0.15) is 0 Å². The Bertz CT molecular complexity index is 1370. The van der Waals surface area contributed by atoms with E-state index in [1.54, 1.807) is 61.5 Å². The number of anilines is 1. The highest BCUT2D eigenvalue weighted by Crippen LogP contribution is 2.30. The third-order valence-corrected chi connectivity index (χ3v) is 8.47. The average Bonchev–Trinajstić information content (AvgIpc) is 2.93. The van der Waals surface area contributed by atoms with Crippen LogP contribution in [0, 0.1) is 0 Å². The summed E-state index contributed by atoms with van der Waals surface area (Å²) in [5.74, 6) is -0.596. The molecule has 11 heteroatoms. The summed E-state index contributed by atoms with van der Waals surface area (Å²) in [4.78, 5) is 28.0. The quantitative estimate of drug-likeness (QED) is 0.354. The molecule has 38 heavy (non-hydrogen) atoms. The summed E-state index contributed by atoms with van der Waals surface area (Å²) in [6.07, 6.45) is 0.276. The number of methoxy groups -OCH3 is 1. The van der Waals surface area contributed by atoms with Gasteiger partial charge < -0.3 is 15.0 Å². The van der Waals surface area contributed by atoms with Crippen LogP contribution in [0.15, 0.2) is 77.7 Å². The van der Waals surface area contributed by atoms with Gasteiger partial charge in [0.15, 0.2) is 0 Å². The molecule has 0 aromatic heterocycles. The molecule has 0 aliphatic carbocycles. The molecule has 8 nitrogen and oxygen atoms in total. The largest absolute Gasteiger partial charge is 0.497 e. The molecule has 1 unspecified atom stereocenters. The Hall–Kier alpha value is -3.27. The third-order valence-electron chi connectivity index (χ3n) is 5.97. The van der Waals surface area contributed by atoms with E-state index in [1.165, 1.54) is 37.3 Å². The first-order chi connectivity index (χ1) is 18.1. The van der Waals surface area contributed by atoms with E-state index < -0.39 is 34.4 Å². The topological polar surface area (TPSA) is 96.0 Å². The molecule has 0 saturated heterocycles. The van der Waals surface area contributed by atoms with E-state index in [1.807, 2.05) is 0 Å². The lowest BCUT2D eigenvalue weighted by molar-refractivity contribution is -0.140. The molecule has 3 aromatic rings. The van der Waals surface area contributed by atoms with E-state index in [0.29, 0.717) is 21.4 Å². The number of sulfonamides is 1. The fourth-order valence-corrected chi connectivity index (χ4v) is 5.90. The Balaban J connectivity index is 2.10. The fraction of sp³-hybridized carbons (Fsp3) is 0.259. The lowest BCUT2D eigenvalue weighted by Gasteiger charge is -2.33. The molecule has 0 fully saturated rings. The lowest BCUT2D eigenvalue weighted by atomic mass is 10.1. The number of rotatable bonds is 11. The molecule has 0 heterocycles. The van der Waals surface area contributed by atoms with E-state index in [9.17, 15) is 18.0 Å². The molecule has 1 N–H and O–H groups in total. The number of carbonyl (C=O) groups excluding carboxylic acids is 2. The summed E-state index contributed by atoms with van der Waals surface area (Å²) in [7, 11) is -1.24. The van der Waals surface area contributed by atoms with E-state index in [2.05, 4.69) is 5.32 Å². The predicted octanol–water partition coefficient (Wildman–Crippen LogP) is 4.75. The standard InChI is InChI=1S/C27H29Cl2N3O5S/c1-4-25(27(34)30-2)31(17-22-23(28)14-9-15-24(22)29)26(33)18-32(19-10-8-11-20(16-19)37-3)38(35,36)21-12-6-5-7-13-21/h5-16,25H,4,17-18H2,1-3H3,(H,30,34). The molecule has 0 bridgehead atoms. The van der Waals surface area contributed by atoms with Crippen molar-refractivity contribution >= 4 is 50.7 Å². The zero-order chi connectivity index (χ0) is 27.9. The van der Waals surface area contributed by atoms with Gasteiger partial charge in [0.25, 0.3) is 10.0 Å². The molecule has 202 valence electrons. The highest BCUT2D eigenvalue weighted by molar-refractivity contribution is 7.92. The van der Waals surface area contributed by atoms with Gasteiger partial charge in [-0.15, -0.1) is 0 Å². The summed E-state index contributed by atoms with van der Waals surface area (Å²) < 4.78 is 33.8. The Morgan fingerprint density at radius 2 is 1.61 bits per heavy atom. The molecule has 0 saturated carbocycles. The van der Waals surface area contributed by atoms with Crippen LogP contribution in [-0.2, 0) is 26.2 Å². The number of nitrogens with one attached hydrogen (secondary N) is 1. The van der Waals surface area contributed by atoms with Gasteiger partial charge >= 0.3 is 0 Å². The minimum Gasteiger partial charge on any atom is -0.497 e. The van der Waals surface area contributed by atoms with Crippen molar-refractivity contribution in [2.45, 2.75) is 30.8 Å². The predicted molar refractivity (Wildman–Crippen MR) is 149 cm³/mol. The van der Waals surface area contributed by atoms with E-state index in [4.69, 9.17) is 27.9 Å². The van der Waals surface area contributed by atoms with Gasteiger partial charge in [-0.3, -0.25) is 13.9 Å². The zero-order valence-electron chi connectivity index (χ0n) is 21.2. The first-order valence-corrected chi connectivity index (χ1v) is 14.0. The van der Waals surface area contributed by atoms with Crippen molar-refractivity contribution in [2.24, 2.45) is 0 Å². The zero-order valence-corrected chi connectivity index (χ0v) is 23.6. The summed E-state index contributed by atoms with van der Waals surface area (Å²) in [5, 5.41) is 3.22. The molecule has 3 aromatic carbocycles. The van der Waals surface area contributed by atoms with Crippen molar-refractivity contribution in [1.29, 1.82) is 0 Å². The Morgan fingerprint density at radius 1 is 0.974 bits per heavy atom. The van der Waals surface area contributed by atoms with Crippen LogP contribution in [0.2, 0.25) is 10.0 Å². The second-order valence-corrected chi connectivity index (χ2v) is 11.0. The SMILES string of the molecule is CCC(C(=O)NC)N(Cc1c(Cl)cccc1Cl)C(=O)CN(c1cccc(OC)c1)S(=O)(=O)c1ccccc1. The number of benzene rings is 3. The highest BCUT2D eigenvalue weighted by Gasteiger charge is 2.34. The van der Waals surface area contributed by atoms with Gasteiger partial charge in [0.05, 0.1) is 17.7 Å². The smallest absolute Gasteiger partial charge is 0.264 e. The van der Waals surface area contributed by atoms with Crippen LogP contribution < -0.4 is 14.4 Å². The number of hydrogen-bond acceptors (Lipinski definition) is 5. The van der Waals surface area contributed by atoms with Crippen molar-refractivity contribution in [1.82, 2.24) is 10.2 Å². The number of halogens is 2. The number of hydrogen-bond donors (Lipinski definition) is 1. The maximum absolute atomic E-state index is 13.9. The summed E-state index contributed by atoms with van der Waals surface area (Å²) in [6, 6.07) is 18.2. The number of carbonyl (C=O) groups is 2. The average molecular weight is 579 g/mol. The lowest BCUT2D eigenvalue weighted by Crippen LogP contribution is -2.51. The number of likely N-dealkylation sites (N-methyl/N-ethyl adjacent to an activating group) is 1. The molecule has 0 spiro atoms. The Morgan fingerprint density at radius 3 is 2.18 bits per heavy atom. The molecule has 0 radical (unpaired) electrons. The van der Waals surface area contributed by atoms with Crippen LogP contribution in [0.4, 0.5) is 5.69 Å². The molecule has 3 rings (SSSR count). The normalized spacial score (nSPS) is 11.9. The van der Waals surface area contributed by atoms with Crippen LogP contribution in [-0.4, -0.2) is 51.9 Å². The van der Waals surface area contributed by atoms with Gasteiger partial charge in [-0.1, -0.05) is 60.5 Å². The van der Waals surface area contributed by atoms with Gasteiger partial charge in [-0.25, -0.2) is 8.42 Å². The van der Waals surface area contributed by atoms with Crippen LogP contribution in [0.5, 0.6) is 5.75 Å². The molecule has 0 aliphatic heterocycles. The van der Waals surface area contributed by atoms with E-state index >= 15 is 0 Å². The van der Waals surface area contributed by atoms with Crippen molar-refractivity contribution in [3.63, 3.8) is 0 Å². The molecule has 1 atom stereocenters. The Kier molecular flexibility index (Phi) is 10.0. The van der Waals surface area contributed by atoms with Crippen molar-refractivity contribution < 1.29 is 22.7 Å². The van der Waals surface area contributed by atoms with Crippen molar-refractivity contribution in [3.8, 4) is 5.75 Å². The molecular formula is C27H29Cl2N3O5S. The van der Waals surface area contributed by atoms with Gasteiger partial charge in [0, 0.05) is 35.3 Å². The molecule has 2 amide bonds. The minimum atomic E-state index is -4.18. The highest BCUT2D eigenvalue weighted by atomic mass is 35.5. The first kappa shape index (κ1) is 29.3. The van der Waals surface area contributed by atoms with E-state index in [-0.39, 0.29) is 23.5 Å². The summed E-state index contributed by atoms with van der Waals surface area (Å²) >= 11 is 12.8. The Labute approximate surface area is 233 Å². The van der Waals surface area contributed by atoms with Gasteiger partial charge in [0.1, 0.15) is 18.3 Å². The summed E-state index contributed by atoms with van der Waals surface area (Å²) in [6.45, 7) is 1.08. The van der Waals surface area contributed by atoms with Crippen LogP contribution in [0.25, 0.3) is 0 Å². The van der Waals surface area contributed by atoms with Crippen molar-refractivity contribution in [3.05, 3.63) is 88.4 Å². The second kappa shape index (κ2) is 13.0. The van der Waals surface area contributed by atoms with Crippen LogP contribution in [0.1, 0.15) is 18.9 Å². The second-order valence-electron chi connectivity index (χ2n) is 8.29. The fourth-order valence-electron chi connectivity index (χ4n) is 3.95. The number of amides is 2. The molecular weight excluding hydrogens is 549 g/mol. The monoisotopic (exact) mass is 577 g/mol. The van der Waals surface area contributed by atoms with Gasteiger partial charge in [-0.05, 0) is 42.8 Å². The van der Waals surface area contributed by atoms with Gasteiger partial charge in [0.2, 0.25) is 11.8 Å². The minimum absolute atomic E-state index is 0.00895. The summed E-state index contributed by atoms with van der Waals surface area (Å²) in [5.41, 5.74) is 0.677. The van der Waals surface area contributed by atoms with Crippen LogP contribution >= 0.6 is 23.2 Å². The van der Waals surface area contributed by atoms with Crippen molar-refractivity contribution in [2.75, 3.05) is 25.0 Å². The number of nitrogens with zero attached hydrogens (tertiary/aromatic N) is 2. The van der Waals surface area contributed by atoms with E-state index in [0.717, 1.165) is 4.31 Å². The van der Waals surface area contributed by atoms with Crippen LogP contribution in [0.3, 0.4) is 0 Å². The maximum Gasteiger partial charge on any atom is 0.264 e. The molecule has 0 aliphatic rings.